The summed E-state index contributed by atoms with van der Waals surface area (Å²) in [7, 11) is 13.8. The number of fused-ring (bicyclic) bond motifs is 4. The lowest BCUT2D eigenvalue weighted by Crippen LogP contribution is -2.47. The molecule has 0 N–H and O–H groups in total. The van der Waals surface area contributed by atoms with Crippen LogP contribution >= 0.6 is 95.9 Å². The van der Waals surface area contributed by atoms with E-state index >= 15 is 0 Å². The quantitative estimate of drug-likeness (QED) is 0.0924. The van der Waals surface area contributed by atoms with Crippen molar-refractivity contribution < 1.29 is 18.4 Å². The predicted octanol–water partition coefficient (Wildman–Crippen LogP) is 11.3. The van der Waals surface area contributed by atoms with Crippen LogP contribution in [0.3, 0.4) is 0 Å². The van der Waals surface area contributed by atoms with Gasteiger partial charge in [-0.05, 0) is 71.8 Å². The summed E-state index contributed by atoms with van der Waals surface area (Å²) < 4.78 is 14.7. The lowest BCUT2D eigenvalue weighted by atomic mass is 9.99. The maximum Gasteiger partial charge on any atom is 0.192 e. The van der Waals surface area contributed by atoms with Gasteiger partial charge in [-0.2, -0.15) is 0 Å². The van der Waals surface area contributed by atoms with Crippen LogP contribution < -0.4 is 29.1 Å². The molecule has 0 spiro atoms. The van der Waals surface area contributed by atoms with Crippen LogP contribution in [-0.4, -0.2) is 103 Å². The Balaban J connectivity index is 0.00000205. The summed E-state index contributed by atoms with van der Waals surface area (Å²) in [5, 5.41) is 0. The Bertz CT molecular complexity index is 2050. The van der Waals surface area contributed by atoms with Crippen molar-refractivity contribution in [1.29, 1.82) is 0 Å². The molecule has 2 unspecified atom stereocenters. The lowest BCUT2D eigenvalue weighted by molar-refractivity contribution is -0.909. The standard InChI is InChI=1S/C49H60N6O2.4HI/c1-50-44-22-11-13-24-46(44)56-48(50)36-38-26-30-52(42-20-9-7-18-40(38)42)28-15-32-54(3,4)34-17-35-55(5,6)33-16-29-53-31-27-39(41-19-8-10-21-43(41)53)37-49-51(2)45-23-12-14-25-47(45)57-49;;;;/h7-14,18-27,30-31,36-37,48-49H,15-17,28-29,32-35H2,1-6H3;4*1H/q+2;;;;. The van der Waals surface area contributed by atoms with E-state index in [1.807, 2.05) is 24.3 Å². The Hall–Kier alpha value is -2.52. The van der Waals surface area contributed by atoms with Crippen LogP contribution in [0.25, 0.3) is 11.1 Å². The molecule has 328 valence electrons. The second-order valence-electron chi connectivity index (χ2n) is 17.3. The molecule has 0 aliphatic carbocycles. The van der Waals surface area contributed by atoms with Crippen LogP contribution in [0.4, 0.5) is 22.7 Å². The van der Waals surface area contributed by atoms with Gasteiger partial charge in [-0.1, -0.05) is 60.7 Å². The van der Waals surface area contributed by atoms with Crippen LogP contribution in [0.15, 0.2) is 134 Å². The highest BCUT2D eigenvalue weighted by atomic mass is 127. The highest BCUT2D eigenvalue weighted by molar-refractivity contribution is 14.0. The molecular formula is C49H64I4N6O2+2. The number of nitrogens with zero attached hydrogens (tertiary/aromatic N) is 6. The number of ether oxygens (including phenoxy) is 2. The maximum absolute atomic E-state index is 6.29. The predicted molar refractivity (Wildman–Crippen MR) is 300 cm³/mol. The van der Waals surface area contributed by atoms with Gasteiger partial charge in [0.25, 0.3) is 0 Å². The number of halogens is 4. The molecule has 61 heavy (non-hydrogen) atoms. The zero-order valence-electron chi connectivity index (χ0n) is 36.4. The number of anilines is 4. The normalized spacial score (nSPS) is 18.5. The average Bonchev–Trinajstić information content (AvgIpc) is 3.70. The van der Waals surface area contributed by atoms with Crippen LogP contribution in [0.2, 0.25) is 0 Å². The van der Waals surface area contributed by atoms with Crippen LogP contribution in [-0.2, 0) is 0 Å². The zero-order chi connectivity index (χ0) is 39.6. The van der Waals surface area contributed by atoms with E-state index in [1.165, 1.54) is 53.2 Å². The van der Waals surface area contributed by atoms with Gasteiger partial charge in [0.2, 0.25) is 0 Å². The van der Waals surface area contributed by atoms with Crippen molar-refractivity contribution >= 4 is 130 Å². The summed E-state index contributed by atoms with van der Waals surface area (Å²) >= 11 is 0. The first kappa shape index (κ1) is 51.1. The number of hydrogen-bond donors (Lipinski definition) is 0. The molecule has 4 heterocycles. The second kappa shape index (κ2) is 22.4. The highest BCUT2D eigenvalue weighted by Gasteiger charge is 2.29. The van der Waals surface area contributed by atoms with E-state index in [-0.39, 0.29) is 108 Å². The minimum atomic E-state index is -0.121. The molecule has 0 amide bonds. The lowest BCUT2D eigenvalue weighted by Gasteiger charge is -2.35. The fourth-order valence-corrected chi connectivity index (χ4v) is 8.77. The Kier molecular flexibility index (Phi) is 18.8. The van der Waals surface area contributed by atoms with Crippen molar-refractivity contribution in [2.75, 3.05) is 101 Å². The van der Waals surface area contributed by atoms with Gasteiger partial charge < -0.3 is 38.0 Å². The number of hydrogen-bond acceptors (Lipinski definition) is 6. The highest BCUT2D eigenvalue weighted by Crippen LogP contribution is 2.40. The smallest absolute Gasteiger partial charge is 0.192 e. The van der Waals surface area contributed by atoms with Gasteiger partial charge in [0, 0.05) is 81.3 Å². The number of para-hydroxylation sites is 6. The largest absolute Gasteiger partial charge is 0.465 e. The third kappa shape index (κ3) is 12.0. The fourth-order valence-electron chi connectivity index (χ4n) is 8.77. The summed E-state index contributed by atoms with van der Waals surface area (Å²) in [6.07, 6.45) is 16.7. The fraction of sp³-hybridized carbons (Fsp3) is 0.347. The van der Waals surface area contributed by atoms with Gasteiger partial charge in [-0.3, -0.25) is 0 Å². The molecule has 4 aliphatic heterocycles. The number of likely N-dealkylation sites (N-methyl/N-ethyl adjacent to an activating group) is 2. The molecule has 4 aromatic rings. The third-order valence-corrected chi connectivity index (χ3v) is 12.2. The van der Waals surface area contributed by atoms with Gasteiger partial charge in [-0.15, -0.1) is 95.9 Å². The van der Waals surface area contributed by atoms with Crippen LogP contribution in [0, 0.1) is 0 Å². The minimum Gasteiger partial charge on any atom is -0.465 e. The molecule has 0 saturated heterocycles. The summed E-state index contributed by atoms with van der Waals surface area (Å²) in [5.41, 5.74) is 9.74. The van der Waals surface area contributed by atoms with Gasteiger partial charge in [0.1, 0.15) is 11.5 Å². The van der Waals surface area contributed by atoms with E-state index < -0.39 is 0 Å². The topological polar surface area (TPSA) is 31.4 Å². The molecule has 8 rings (SSSR count). The van der Waals surface area contributed by atoms with Crippen molar-refractivity contribution in [2.24, 2.45) is 0 Å². The van der Waals surface area contributed by atoms with Crippen molar-refractivity contribution in [3.05, 3.63) is 145 Å². The van der Waals surface area contributed by atoms with E-state index in [0.29, 0.717) is 0 Å². The molecule has 4 aliphatic rings. The van der Waals surface area contributed by atoms with E-state index in [2.05, 4.69) is 171 Å². The monoisotopic (exact) mass is 1280 g/mol. The molecule has 2 atom stereocenters. The first-order valence-electron chi connectivity index (χ1n) is 20.7. The SMILES string of the molecule is CN1c2ccccc2OC1C=C1C=CN(CCC[N+](C)(C)CCC[N+](C)(C)CCCN2C=CC(=CC3Oc4ccccc4N3C)c3ccccc32)c2ccccc21.I.I.I.I. The molecule has 8 nitrogen and oxygen atoms in total. The van der Waals surface area contributed by atoms with Crippen molar-refractivity contribution in [3.8, 4) is 11.5 Å². The van der Waals surface area contributed by atoms with Gasteiger partial charge in [0.15, 0.2) is 12.5 Å². The Labute approximate surface area is 433 Å². The van der Waals surface area contributed by atoms with Gasteiger partial charge in [-0.25, -0.2) is 0 Å². The summed E-state index contributed by atoms with van der Waals surface area (Å²) in [5.74, 6) is 1.88. The molecule has 0 saturated carbocycles. The first-order chi connectivity index (χ1) is 27.6. The van der Waals surface area contributed by atoms with E-state index in [4.69, 9.17) is 9.47 Å². The van der Waals surface area contributed by atoms with Crippen LogP contribution in [0.5, 0.6) is 11.5 Å². The van der Waals surface area contributed by atoms with Crippen LogP contribution in [0.1, 0.15) is 30.4 Å². The first-order valence-corrected chi connectivity index (χ1v) is 20.7. The molecule has 0 aromatic heterocycles. The molecule has 12 heteroatoms. The minimum absolute atomic E-state index is 0. The molecule has 0 radical (unpaired) electrons. The Morgan fingerprint density at radius 2 is 0.820 bits per heavy atom. The molecule has 4 aromatic carbocycles. The van der Waals surface area contributed by atoms with E-state index in [9.17, 15) is 0 Å². The third-order valence-electron chi connectivity index (χ3n) is 12.2. The van der Waals surface area contributed by atoms with Crippen molar-refractivity contribution in [2.45, 2.75) is 31.7 Å². The molecule has 0 bridgehead atoms. The Morgan fingerprint density at radius 1 is 0.475 bits per heavy atom. The van der Waals surface area contributed by atoms with Gasteiger partial charge >= 0.3 is 0 Å². The average molecular weight is 1280 g/mol. The van der Waals surface area contributed by atoms with E-state index in [1.54, 1.807) is 0 Å². The zero-order valence-corrected chi connectivity index (χ0v) is 45.7. The molecular weight excluding hydrogens is 1210 g/mol. The van der Waals surface area contributed by atoms with E-state index in [0.717, 1.165) is 70.9 Å². The Morgan fingerprint density at radius 3 is 1.21 bits per heavy atom. The summed E-state index contributed by atoms with van der Waals surface area (Å²) in [4.78, 5) is 9.26. The molecule has 0 fully saturated rings. The number of quaternary nitrogens is 2. The number of benzene rings is 4. The van der Waals surface area contributed by atoms with Crippen molar-refractivity contribution in [3.63, 3.8) is 0 Å². The summed E-state index contributed by atoms with van der Waals surface area (Å²) in [6.45, 7) is 6.66. The number of allylic oxidation sites excluding steroid dienone is 4. The van der Waals surface area contributed by atoms with Crippen molar-refractivity contribution in [1.82, 2.24) is 0 Å². The summed E-state index contributed by atoms with van der Waals surface area (Å²) in [6, 6.07) is 34.1. The van der Waals surface area contributed by atoms with Gasteiger partial charge in [0.05, 0.1) is 65.7 Å². The second-order valence-corrected chi connectivity index (χ2v) is 17.3. The maximum atomic E-state index is 6.29. The number of rotatable bonds is 14.